The lowest BCUT2D eigenvalue weighted by Gasteiger charge is -2.10. The largest absolute Gasteiger partial charge is 0.416 e. The Kier molecular flexibility index (Phi) is 5.92. The molecule has 132 valence electrons. The number of alkyl halides is 3. The second-order valence-corrected chi connectivity index (χ2v) is 5.78. The Balaban J connectivity index is 1.98. The Bertz CT molecular complexity index is 810. The van der Waals surface area contributed by atoms with Gasteiger partial charge in [-0.2, -0.15) is 13.2 Å². The van der Waals surface area contributed by atoms with Crippen LogP contribution >= 0.6 is 23.2 Å². The quantitative estimate of drug-likeness (QED) is 0.813. The molecular weight excluding hydrogens is 380 g/mol. The third kappa shape index (κ3) is 5.37. The Labute approximate surface area is 150 Å². The number of anilines is 1. The zero-order chi connectivity index (χ0) is 18.6. The minimum atomic E-state index is -4.56. The summed E-state index contributed by atoms with van der Waals surface area (Å²) < 4.78 is 37.9. The fourth-order valence-electron chi connectivity index (χ4n) is 1.89. The summed E-state index contributed by atoms with van der Waals surface area (Å²) in [6.45, 7) is -0.447. The number of rotatable bonds is 4. The van der Waals surface area contributed by atoms with Crippen molar-refractivity contribution in [2.24, 2.45) is 0 Å². The first-order valence-electron chi connectivity index (χ1n) is 6.87. The fourth-order valence-corrected chi connectivity index (χ4v) is 2.22. The predicted octanol–water partition coefficient (Wildman–Crippen LogP) is 4.38. The number of hydrogen-bond donors (Lipinski definition) is 2. The molecule has 0 saturated carbocycles. The van der Waals surface area contributed by atoms with E-state index < -0.39 is 30.1 Å². The van der Waals surface area contributed by atoms with Crippen molar-refractivity contribution in [1.29, 1.82) is 0 Å². The molecule has 0 aromatic heterocycles. The SMILES string of the molecule is O=C(CNC(=O)c1cccc(C(F)(F)F)c1)Nc1cc(Cl)ccc1Cl. The van der Waals surface area contributed by atoms with Crippen LogP contribution in [0.15, 0.2) is 42.5 Å². The summed E-state index contributed by atoms with van der Waals surface area (Å²) in [6, 6.07) is 8.34. The molecule has 0 radical (unpaired) electrons. The van der Waals surface area contributed by atoms with Crippen molar-refractivity contribution in [3.8, 4) is 0 Å². The number of nitrogens with one attached hydrogen (secondary N) is 2. The molecule has 2 N–H and O–H groups in total. The zero-order valence-corrected chi connectivity index (χ0v) is 14.0. The van der Waals surface area contributed by atoms with E-state index in [0.29, 0.717) is 11.1 Å². The molecule has 9 heteroatoms. The van der Waals surface area contributed by atoms with Crippen LogP contribution in [-0.4, -0.2) is 18.4 Å². The van der Waals surface area contributed by atoms with Crippen molar-refractivity contribution in [3.63, 3.8) is 0 Å². The van der Waals surface area contributed by atoms with E-state index in [1.165, 1.54) is 24.3 Å². The Morgan fingerprint density at radius 3 is 2.44 bits per heavy atom. The molecule has 2 rings (SSSR count). The van der Waals surface area contributed by atoms with Gasteiger partial charge in [0.25, 0.3) is 5.91 Å². The highest BCUT2D eigenvalue weighted by molar-refractivity contribution is 6.35. The molecule has 2 aromatic carbocycles. The molecule has 0 aliphatic heterocycles. The van der Waals surface area contributed by atoms with Gasteiger partial charge in [-0.25, -0.2) is 0 Å². The molecule has 4 nitrogen and oxygen atoms in total. The number of benzene rings is 2. The topological polar surface area (TPSA) is 58.2 Å². The van der Waals surface area contributed by atoms with Crippen molar-refractivity contribution >= 4 is 40.7 Å². The van der Waals surface area contributed by atoms with Crippen LogP contribution in [0.1, 0.15) is 15.9 Å². The first-order valence-corrected chi connectivity index (χ1v) is 7.63. The lowest BCUT2D eigenvalue weighted by molar-refractivity contribution is -0.137. The first kappa shape index (κ1) is 19.1. The maximum absolute atomic E-state index is 12.6. The molecule has 0 aliphatic carbocycles. The number of halogens is 5. The van der Waals surface area contributed by atoms with Gasteiger partial charge in [-0.1, -0.05) is 29.3 Å². The van der Waals surface area contributed by atoms with Gasteiger partial charge in [-0.05, 0) is 36.4 Å². The summed E-state index contributed by atoms with van der Waals surface area (Å²) in [6.07, 6.45) is -4.56. The molecule has 0 atom stereocenters. The molecule has 2 amide bonds. The van der Waals surface area contributed by atoms with Crippen LogP contribution in [-0.2, 0) is 11.0 Å². The summed E-state index contributed by atoms with van der Waals surface area (Å²) in [4.78, 5) is 23.7. The minimum absolute atomic E-state index is 0.205. The van der Waals surface area contributed by atoms with Crippen molar-refractivity contribution in [1.82, 2.24) is 5.32 Å². The maximum Gasteiger partial charge on any atom is 0.416 e. The van der Waals surface area contributed by atoms with Crippen molar-refractivity contribution in [3.05, 3.63) is 63.6 Å². The highest BCUT2D eigenvalue weighted by Gasteiger charge is 2.30. The van der Waals surface area contributed by atoms with Gasteiger partial charge in [0.15, 0.2) is 0 Å². The van der Waals surface area contributed by atoms with E-state index in [9.17, 15) is 22.8 Å². The molecule has 0 fully saturated rings. The predicted molar refractivity (Wildman–Crippen MR) is 88.9 cm³/mol. The van der Waals surface area contributed by atoms with E-state index in [-0.39, 0.29) is 16.3 Å². The lowest BCUT2D eigenvalue weighted by atomic mass is 10.1. The molecule has 2 aromatic rings. The fraction of sp³-hybridized carbons (Fsp3) is 0.125. The van der Waals surface area contributed by atoms with E-state index in [1.54, 1.807) is 0 Å². The first-order chi connectivity index (χ1) is 11.7. The molecule has 0 unspecified atom stereocenters. The van der Waals surface area contributed by atoms with Crippen LogP contribution < -0.4 is 10.6 Å². The highest BCUT2D eigenvalue weighted by Crippen LogP contribution is 2.29. The summed E-state index contributed by atoms with van der Waals surface area (Å²) >= 11 is 11.7. The van der Waals surface area contributed by atoms with Crippen LogP contribution in [0, 0.1) is 0 Å². The van der Waals surface area contributed by atoms with E-state index in [2.05, 4.69) is 10.6 Å². The van der Waals surface area contributed by atoms with Gasteiger partial charge in [0.05, 0.1) is 22.8 Å². The summed E-state index contributed by atoms with van der Waals surface area (Å²) in [5.41, 5.74) is -0.897. The molecular formula is C16H11Cl2F3N2O2. The van der Waals surface area contributed by atoms with Gasteiger partial charge in [-0.3, -0.25) is 9.59 Å². The van der Waals surface area contributed by atoms with Gasteiger partial charge in [0.1, 0.15) is 0 Å². The average molecular weight is 391 g/mol. The standard InChI is InChI=1S/C16H11Cl2F3N2O2/c17-11-4-5-12(18)13(7-11)23-14(24)8-22-15(25)9-2-1-3-10(6-9)16(19,20)21/h1-7H,8H2,(H,22,25)(H,23,24). The van der Waals surface area contributed by atoms with Crippen molar-refractivity contribution < 1.29 is 22.8 Å². The van der Waals surface area contributed by atoms with Crippen LogP contribution in [0.5, 0.6) is 0 Å². The number of carbonyl (C=O) groups is 2. The van der Waals surface area contributed by atoms with Crippen LogP contribution in [0.3, 0.4) is 0 Å². The van der Waals surface area contributed by atoms with E-state index in [4.69, 9.17) is 23.2 Å². The normalized spacial score (nSPS) is 11.1. The second-order valence-electron chi connectivity index (χ2n) is 4.93. The Morgan fingerprint density at radius 2 is 1.76 bits per heavy atom. The van der Waals surface area contributed by atoms with Crippen LogP contribution in [0.2, 0.25) is 10.0 Å². The number of carbonyl (C=O) groups excluding carboxylic acids is 2. The van der Waals surface area contributed by atoms with Crippen molar-refractivity contribution in [2.45, 2.75) is 6.18 Å². The van der Waals surface area contributed by atoms with Gasteiger partial charge in [-0.15, -0.1) is 0 Å². The zero-order valence-electron chi connectivity index (χ0n) is 12.5. The van der Waals surface area contributed by atoms with E-state index in [0.717, 1.165) is 12.1 Å². The minimum Gasteiger partial charge on any atom is -0.343 e. The molecule has 0 aliphatic rings. The van der Waals surface area contributed by atoms with Gasteiger partial charge in [0.2, 0.25) is 5.91 Å². The van der Waals surface area contributed by atoms with Gasteiger partial charge < -0.3 is 10.6 Å². The summed E-state index contributed by atoms with van der Waals surface area (Å²) in [5, 5.41) is 5.29. The van der Waals surface area contributed by atoms with Crippen LogP contribution in [0.25, 0.3) is 0 Å². The molecule has 0 heterocycles. The summed E-state index contributed by atoms with van der Waals surface area (Å²) in [7, 11) is 0. The number of amides is 2. The third-order valence-corrected chi connectivity index (χ3v) is 3.63. The molecule has 0 bridgehead atoms. The van der Waals surface area contributed by atoms with Crippen molar-refractivity contribution in [2.75, 3.05) is 11.9 Å². The van der Waals surface area contributed by atoms with Crippen LogP contribution in [0.4, 0.5) is 18.9 Å². The molecule has 0 saturated heterocycles. The Hall–Kier alpha value is -2.25. The molecule has 25 heavy (non-hydrogen) atoms. The Morgan fingerprint density at radius 1 is 1.04 bits per heavy atom. The second kappa shape index (κ2) is 7.76. The maximum atomic E-state index is 12.6. The lowest BCUT2D eigenvalue weighted by Crippen LogP contribution is -2.33. The summed E-state index contributed by atoms with van der Waals surface area (Å²) in [5.74, 6) is -1.41. The smallest absolute Gasteiger partial charge is 0.343 e. The average Bonchev–Trinajstić information content (AvgIpc) is 2.55. The van der Waals surface area contributed by atoms with E-state index in [1.807, 2.05) is 0 Å². The highest BCUT2D eigenvalue weighted by atomic mass is 35.5. The number of hydrogen-bond acceptors (Lipinski definition) is 2. The van der Waals surface area contributed by atoms with Gasteiger partial charge >= 0.3 is 6.18 Å². The van der Waals surface area contributed by atoms with E-state index >= 15 is 0 Å². The third-order valence-electron chi connectivity index (χ3n) is 3.06. The van der Waals surface area contributed by atoms with Gasteiger partial charge in [0, 0.05) is 10.6 Å². The molecule has 0 spiro atoms. The monoisotopic (exact) mass is 390 g/mol.